The molecule has 0 aliphatic rings. The van der Waals surface area contributed by atoms with E-state index >= 15 is 0 Å². The van der Waals surface area contributed by atoms with Gasteiger partial charge >= 0.3 is 0 Å². The number of allylic oxidation sites excluding steroid dienone is 1. The Morgan fingerprint density at radius 3 is 1.71 bits per heavy atom. The molecule has 0 aliphatic carbocycles. The van der Waals surface area contributed by atoms with Crippen molar-refractivity contribution >= 4 is 0 Å². The van der Waals surface area contributed by atoms with Crippen LogP contribution in [0.3, 0.4) is 0 Å². The van der Waals surface area contributed by atoms with Crippen molar-refractivity contribution in [3.05, 3.63) is 12.7 Å². The largest absolute Gasteiger partial charge is 0.412 e. The number of hydrogen-bond acceptors (Lipinski definition) is 0. The summed E-state index contributed by atoms with van der Waals surface area (Å²) in [6.07, 6.45) is 1.27. The van der Waals surface area contributed by atoms with Gasteiger partial charge in [-0.05, 0) is 13.8 Å². The van der Waals surface area contributed by atoms with Gasteiger partial charge in [0.2, 0.25) is 0 Å². The van der Waals surface area contributed by atoms with Gasteiger partial charge in [0.05, 0.1) is 0 Å². The number of alkyl halides is 1. The molecule has 1 nitrogen and oxygen atoms in total. The molecular weight excluding hydrogens is 95.1 g/mol. The smallest absolute Gasteiger partial charge is 0.123 e. The molecule has 0 aromatic carbocycles. The summed E-state index contributed by atoms with van der Waals surface area (Å²) in [6.45, 7) is 6.17. The summed E-state index contributed by atoms with van der Waals surface area (Å²) >= 11 is 0. The second-order valence-corrected chi connectivity index (χ2v) is 1.77. The Bertz CT molecular complexity index is 53.6. The molecule has 0 amide bonds. The van der Waals surface area contributed by atoms with Crippen molar-refractivity contribution in [2.45, 2.75) is 19.5 Å². The van der Waals surface area contributed by atoms with Gasteiger partial charge in [0.1, 0.15) is 5.67 Å². The van der Waals surface area contributed by atoms with E-state index in [9.17, 15) is 4.39 Å². The van der Waals surface area contributed by atoms with E-state index in [4.69, 9.17) is 0 Å². The summed E-state index contributed by atoms with van der Waals surface area (Å²) in [5.41, 5.74) is -1.19. The van der Waals surface area contributed by atoms with E-state index in [1.165, 1.54) is 19.9 Å². The van der Waals surface area contributed by atoms with Gasteiger partial charge in [-0.1, -0.05) is 12.7 Å². The van der Waals surface area contributed by atoms with Crippen molar-refractivity contribution in [2.24, 2.45) is 0 Å². The van der Waals surface area contributed by atoms with Crippen molar-refractivity contribution in [3.8, 4) is 0 Å². The fourth-order valence-corrected chi connectivity index (χ4v) is 0. The minimum absolute atomic E-state index is 0. The maximum Gasteiger partial charge on any atom is 0.123 e. The molecule has 0 aromatic heterocycles. The second-order valence-electron chi connectivity index (χ2n) is 1.77. The van der Waals surface area contributed by atoms with Gasteiger partial charge in [-0.25, -0.2) is 4.39 Å². The van der Waals surface area contributed by atoms with Crippen molar-refractivity contribution in [2.75, 3.05) is 0 Å². The Balaban J connectivity index is 0. The Labute approximate surface area is 43.2 Å². The lowest BCUT2D eigenvalue weighted by molar-refractivity contribution is 0.288. The highest BCUT2D eigenvalue weighted by molar-refractivity contribution is 4.87. The molecule has 2 N–H and O–H groups in total. The van der Waals surface area contributed by atoms with E-state index in [1.54, 1.807) is 0 Å². The summed E-state index contributed by atoms with van der Waals surface area (Å²) < 4.78 is 12.0. The molecule has 7 heavy (non-hydrogen) atoms. The lowest BCUT2D eigenvalue weighted by atomic mass is 10.2. The zero-order valence-corrected chi connectivity index (χ0v) is 4.66. The Kier molecular flexibility index (Phi) is 3.85. The van der Waals surface area contributed by atoms with E-state index in [1.807, 2.05) is 0 Å². The molecule has 44 valence electrons. The van der Waals surface area contributed by atoms with Crippen LogP contribution in [0.15, 0.2) is 12.7 Å². The third-order valence-corrected chi connectivity index (χ3v) is 0.485. The second kappa shape index (κ2) is 2.75. The quantitative estimate of drug-likeness (QED) is 0.448. The lowest BCUT2D eigenvalue weighted by Gasteiger charge is -2.02. The van der Waals surface area contributed by atoms with Gasteiger partial charge in [-0.2, -0.15) is 0 Å². The predicted molar refractivity (Wildman–Crippen MR) is 29.0 cm³/mol. The van der Waals surface area contributed by atoms with E-state index in [0.29, 0.717) is 0 Å². The highest BCUT2D eigenvalue weighted by Gasteiger charge is 2.06. The Morgan fingerprint density at radius 1 is 1.57 bits per heavy atom. The lowest BCUT2D eigenvalue weighted by Crippen LogP contribution is -2.04. The Morgan fingerprint density at radius 2 is 1.71 bits per heavy atom. The minimum Gasteiger partial charge on any atom is -0.412 e. The van der Waals surface area contributed by atoms with Crippen LogP contribution in [0.1, 0.15) is 13.8 Å². The van der Waals surface area contributed by atoms with Crippen molar-refractivity contribution in [3.63, 3.8) is 0 Å². The van der Waals surface area contributed by atoms with Gasteiger partial charge in [0.25, 0.3) is 0 Å². The molecule has 0 radical (unpaired) electrons. The van der Waals surface area contributed by atoms with Crippen LogP contribution in [0.2, 0.25) is 0 Å². The van der Waals surface area contributed by atoms with Crippen LogP contribution < -0.4 is 0 Å². The molecular formula is C5H11FO. The first kappa shape index (κ1) is 9.80. The molecule has 0 heterocycles. The minimum atomic E-state index is -1.19. The maximum absolute atomic E-state index is 12.0. The van der Waals surface area contributed by atoms with E-state index < -0.39 is 5.67 Å². The van der Waals surface area contributed by atoms with Crippen LogP contribution in [0.4, 0.5) is 4.39 Å². The zero-order chi connectivity index (χ0) is 5.21. The van der Waals surface area contributed by atoms with Crippen LogP contribution in [0.25, 0.3) is 0 Å². The van der Waals surface area contributed by atoms with Crippen LogP contribution in [0, 0.1) is 0 Å². The number of hydrogen-bond donors (Lipinski definition) is 0. The normalized spacial score (nSPS) is 9.57. The van der Waals surface area contributed by atoms with Gasteiger partial charge in [0, 0.05) is 0 Å². The summed E-state index contributed by atoms with van der Waals surface area (Å²) in [5, 5.41) is 0. The van der Waals surface area contributed by atoms with E-state index in [-0.39, 0.29) is 5.48 Å². The molecule has 0 atom stereocenters. The molecule has 0 fully saturated rings. The molecule has 0 unspecified atom stereocenters. The Hall–Kier alpha value is -0.370. The number of halogens is 1. The third-order valence-electron chi connectivity index (χ3n) is 0.485. The van der Waals surface area contributed by atoms with Crippen LogP contribution in [-0.2, 0) is 0 Å². The summed E-state index contributed by atoms with van der Waals surface area (Å²) in [4.78, 5) is 0. The van der Waals surface area contributed by atoms with Gasteiger partial charge in [0.15, 0.2) is 0 Å². The maximum atomic E-state index is 12.0. The number of rotatable bonds is 1. The van der Waals surface area contributed by atoms with Crippen molar-refractivity contribution < 1.29 is 9.87 Å². The fraction of sp³-hybridized carbons (Fsp3) is 0.600. The summed E-state index contributed by atoms with van der Waals surface area (Å²) in [6, 6.07) is 0. The summed E-state index contributed by atoms with van der Waals surface area (Å²) in [7, 11) is 0. The average Bonchev–Trinajstić information content (AvgIpc) is 1.35. The predicted octanol–water partition coefficient (Wildman–Crippen LogP) is 1.10. The highest BCUT2D eigenvalue weighted by atomic mass is 19.1. The zero-order valence-electron chi connectivity index (χ0n) is 4.66. The van der Waals surface area contributed by atoms with E-state index in [0.717, 1.165) is 0 Å². The molecule has 0 bridgehead atoms. The molecule has 0 aliphatic heterocycles. The van der Waals surface area contributed by atoms with Crippen LogP contribution in [0.5, 0.6) is 0 Å². The standard InChI is InChI=1S/C5H9F.H2O/c1-4-5(2,3)6;/h4H,1H2,2-3H3;1H2. The van der Waals surface area contributed by atoms with E-state index in [2.05, 4.69) is 6.58 Å². The molecule has 0 saturated heterocycles. The fourth-order valence-electron chi connectivity index (χ4n) is 0. The monoisotopic (exact) mass is 106 g/mol. The highest BCUT2D eigenvalue weighted by Crippen LogP contribution is 2.06. The molecule has 0 spiro atoms. The van der Waals surface area contributed by atoms with Crippen molar-refractivity contribution in [1.29, 1.82) is 0 Å². The van der Waals surface area contributed by atoms with Gasteiger partial charge in [-0.3, -0.25) is 0 Å². The SMILES string of the molecule is C=CC(C)(C)F.O. The van der Waals surface area contributed by atoms with Gasteiger partial charge in [-0.15, -0.1) is 0 Å². The molecule has 2 heteroatoms. The third kappa shape index (κ3) is 10.7. The molecule has 0 rings (SSSR count). The van der Waals surface area contributed by atoms with Crippen molar-refractivity contribution in [1.82, 2.24) is 0 Å². The topological polar surface area (TPSA) is 31.5 Å². The summed E-state index contributed by atoms with van der Waals surface area (Å²) in [5.74, 6) is 0. The first-order valence-electron chi connectivity index (χ1n) is 1.89. The van der Waals surface area contributed by atoms with Crippen LogP contribution in [-0.4, -0.2) is 11.1 Å². The first-order valence-corrected chi connectivity index (χ1v) is 1.89. The molecule has 0 saturated carbocycles. The molecule has 0 aromatic rings. The van der Waals surface area contributed by atoms with Gasteiger partial charge < -0.3 is 5.48 Å². The van der Waals surface area contributed by atoms with Crippen LogP contribution >= 0.6 is 0 Å². The average molecular weight is 106 g/mol. The first-order chi connectivity index (χ1) is 2.56.